The minimum atomic E-state index is -0.182. The topological polar surface area (TPSA) is 76.1 Å². The average molecular weight is 190 g/mol. The molecular weight excluding hydrogens is 180 g/mol. The lowest BCUT2D eigenvalue weighted by molar-refractivity contribution is 0.101. The molecule has 2 N–H and O–H groups in total. The molecule has 1 aromatic carbocycles. The molecule has 0 aliphatic rings. The Kier molecular flexibility index (Phi) is 2.73. The second kappa shape index (κ2) is 3.79. The third kappa shape index (κ3) is 1.67. The molecule has 0 aliphatic carbocycles. The molecule has 1 aromatic rings. The van der Waals surface area contributed by atoms with E-state index in [-0.39, 0.29) is 11.5 Å². The fourth-order valence-electron chi connectivity index (χ4n) is 1.15. The van der Waals surface area contributed by atoms with E-state index in [0.29, 0.717) is 16.9 Å². The summed E-state index contributed by atoms with van der Waals surface area (Å²) in [7, 11) is 1.44. The number of anilines is 1. The van der Waals surface area contributed by atoms with Crippen LogP contribution in [0.25, 0.3) is 0 Å². The number of nitrogens with zero attached hydrogens (tertiary/aromatic N) is 1. The van der Waals surface area contributed by atoms with Gasteiger partial charge in [0.15, 0.2) is 5.78 Å². The minimum Gasteiger partial charge on any atom is -0.495 e. The van der Waals surface area contributed by atoms with Crippen LogP contribution in [0.1, 0.15) is 22.8 Å². The molecule has 0 heterocycles. The Labute approximate surface area is 81.9 Å². The summed E-state index contributed by atoms with van der Waals surface area (Å²) in [5.41, 5.74) is 6.62. The molecule has 0 spiro atoms. The zero-order valence-electron chi connectivity index (χ0n) is 8.00. The Morgan fingerprint density at radius 1 is 1.57 bits per heavy atom. The average Bonchev–Trinajstić information content (AvgIpc) is 2.17. The van der Waals surface area contributed by atoms with Crippen LogP contribution in [-0.2, 0) is 0 Å². The van der Waals surface area contributed by atoms with Crippen molar-refractivity contribution in [3.05, 3.63) is 23.3 Å². The number of ketones is 1. The molecule has 1 rings (SSSR count). The number of ether oxygens (including phenoxy) is 1. The van der Waals surface area contributed by atoms with E-state index < -0.39 is 0 Å². The molecule has 0 unspecified atom stereocenters. The molecule has 0 bridgehead atoms. The first-order chi connectivity index (χ1) is 6.60. The quantitative estimate of drug-likeness (QED) is 0.564. The third-order valence-electron chi connectivity index (χ3n) is 1.87. The fourth-order valence-corrected chi connectivity index (χ4v) is 1.15. The lowest BCUT2D eigenvalue weighted by Gasteiger charge is -2.08. The molecule has 0 saturated carbocycles. The maximum atomic E-state index is 11.2. The predicted octanol–water partition coefficient (Wildman–Crippen LogP) is 1.35. The summed E-state index contributed by atoms with van der Waals surface area (Å²) < 4.78 is 4.95. The molecule has 0 amide bonds. The number of nitriles is 1. The first-order valence-corrected chi connectivity index (χ1v) is 3.98. The van der Waals surface area contributed by atoms with E-state index >= 15 is 0 Å². The van der Waals surface area contributed by atoms with Gasteiger partial charge in [0.05, 0.1) is 24.4 Å². The Bertz CT molecular complexity index is 419. The Balaban J connectivity index is 3.44. The molecule has 0 saturated heterocycles. The smallest absolute Gasteiger partial charge is 0.162 e. The van der Waals surface area contributed by atoms with Crippen molar-refractivity contribution >= 4 is 11.5 Å². The van der Waals surface area contributed by atoms with Crippen LogP contribution in [0.4, 0.5) is 5.69 Å². The second-order valence-corrected chi connectivity index (χ2v) is 2.81. The van der Waals surface area contributed by atoms with Crippen molar-refractivity contribution < 1.29 is 9.53 Å². The number of carbonyl (C=O) groups is 1. The number of benzene rings is 1. The largest absolute Gasteiger partial charge is 0.495 e. The van der Waals surface area contributed by atoms with E-state index in [1.165, 1.54) is 26.2 Å². The highest BCUT2D eigenvalue weighted by Gasteiger charge is 2.11. The monoisotopic (exact) mass is 190 g/mol. The van der Waals surface area contributed by atoms with Crippen molar-refractivity contribution in [2.45, 2.75) is 6.92 Å². The zero-order chi connectivity index (χ0) is 10.7. The van der Waals surface area contributed by atoms with Gasteiger partial charge in [-0.1, -0.05) is 0 Å². The number of Topliss-reactive ketones (excluding diaryl/α,β-unsaturated/α-hetero) is 1. The van der Waals surface area contributed by atoms with Gasteiger partial charge in [-0.15, -0.1) is 0 Å². The SMILES string of the molecule is COc1cc(C#N)cc(C(C)=O)c1N. The number of methoxy groups -OCH3 is 1. The van der Waals surface area contributed by atoms with Crippen LogP contribution >= 0.6 is 0 Å². The van der Waals surface area contributed by atoms with Gasteiger partial charge in [0.2, 0.25) is 0 Å². The maximum Gasteiger partial charge on any atom is 0.162 e. The number of rotatable bonds is 2. The van der Waals surface area contributed by atoms with Crippen LogP contribution in [-0.4, -0.2) is 12.9 Å². The van der Waals surface area contributed by atoms with Crippen molar-refractivity contribution in [2.75, 3.05) is 12.8 Å². The number of hydrogen-bond donors (Lipinski definition) is 1. The Morgan fingerprint density at radius 2 is 2.21 bits per heavy atom. The van der Waals surface area contributed by atoms with Crippen molar-refractivity contribution in [3.8, 4) is 11.8 Å². The minimum absolute atomic E-state index is 0.182. The molecule has 0 fully saturated rings. The summed E-state index contributed by atoms with van der Waals surface area (Å²) in [5.74, 6) is 0.173. The molecule has 4 heteroatoms. The highest BCUT2D eigenvalue weighted by atomic mass is 16.5. The predicted molar refractivity (Wildman–Crippen MR) is 52.1 cm³/mol. The highest BCUT2D eigenvalue weighted by Crippen LogP contribution is 2.27. The Hall–Kier alpha value is -2.02. The van der Waals surface area contributed by atoms with E-state index in [9.17, 15) is 4.79 Å². The highest BCUT2D eigenvalue weighted by molar-refractivity contribution is 6.00. The molecule has 14 heavy (non-hydrogen) atoms. The van der Waals surface area contributed by atoms with Crippen LogP contribution in [0.5, 0.6) is 5.75 Å². The molecule has 0 atom stereocenters. The summed E-state index contributed by atoms with van der Waals surface area (Å²) in [4.78, 5) is 11.2. The van der Waals surface area contributed by atoms with Crippen molar-refractivity contribution in [1.82, 2.24) is 0 Å². The fraction of sp³-hybridized carbons (Fsp3) is 0.200. The molecule has 0 aliphatic heterocycles. The summed E-state index contributed by atoms with van der Waals surface area (Å²) >= 11 is 0. The first-order valence-electron chi connectivity index (χ1n) is 3.98. The van der Waals surface area contributed by atoms with E-state index in [4.69, 9.17) is 15.7 Å². The van der Waals surface area contributed by atoms with Crippen molar-refractivity contribution in [3.63, 3.8) is 0 Å². The van der Waals surface area contributed by atoms with Gasteiger partial charge >= 0.3 is 0 Å². The molecule has 4 nitrogen and oxygen atoms in total. The van der Waals surface area contributed by atoms with E-state index in [1.54, 1.807) is 0 Å². The first kappa shape index (κ1) is 10.1. The lowest BCUT2D eigenvalue weighted by Crippen LogP contribution is -2.03. The summed E-state index contributed by atoms with van der Waals surface area (Å²) in [6.45, 7) is 1.40. The third-order valence-corrected chi connectivity index (χ3v) is 1.87. The maximum absolute atomic E-state index is 11.2. The van der Waals surface area contributed by atoms with Crippen molar-refractivity contribution in [2.24, 2.45) is 0 Å². The number of carbonyl (C=O) groups excluding carboxylic acids is 1. The van der Waals surface area contributed by atoms with Crippen LogP contribution in [0.3, 0.4) is 0 Å². The van der Waals surface area contributed by atoms with E-state index in [1.807, 2.05) is 6.07 Å². The van der Waals surface area contributed by atoms with Crippen LogP contribution in [0.15, 0.2) is 12.1 Å². The summed E-state index contributed by atoms with van der Waals surface area (Å²) in [6.07, 6.45) is 0. The molecule has 0 radical (unpaired) electrons. The Morgan fingerprint density at radius 3 is 2.64 bits per heavy atom. The standard InChI is InChI=1S/C10H10N2O2/c1-6(13)8-3-7(5-11)4-9(14-2)10(8)12/h3-4H,12H2,1-2H3. The lowest BCUT2D eigenvalue weighted by atomic mass is 10.1. The van der Waals surface area contributed by atoms with E-state index in [2.05, 4.69) is 0 Å². The normalized spacial score (nSPS) is 9.21. The van der Waals surface area contributed by atoms with Crippen LogP contribution in [0.2, 0.25) is 0 Å². The van der Waals surface area contributed by atoms with Gasteiger partial charge in [0.25, 0.3) is 0 Å². The summed E-state index contributed by atoms with van der Waals surface area (Å²) in [5, 5.41) is 8.70. The van der Waals surface area contributed by atoms with Gasteiger partial charge in [-0.25, -0.2) is 0 Å². The van der Waals surface area contributed by atoms with Gasteiger partial charge in [0.1, 0.15) is 5.75 Å². The van der Waals surface area contributed by atoms with Gasteiger partial charge < -0.3 is 10.5 Å². The molecular formula is C10H10N2O2. The number of nitrogens with two attached hydrogens (primary N) is 1. The summed E-state index contributed by atoms with van der Waals surface area (Å²) in [6, 6.07) is 4.90. The number of nitrogen functional groups attached to an aromatic ring is 1. The van der Waals surface area contributed by atoms with Gasteiger partial charge in [-0.05, 0) is 13.0 Å². The van der Waals surface area contributed by atoms with Gasteiger partial charge in [-0.2, -0.15) is 5.26 Å². The van der Waals surface area contributed by atoms with E-state index in [0.717, 1.165) is 0 Å². The van der Waals surface area contributed by atoms with Crippen LogP contribution in [0, 0.1) is 11.3 Å². The number of hydrogen-bond acceptors (Lipinski definition) is 4. The van der Waals surface area contributed by atoms with Gasteiger partial charge in [-0.3, -0.25) is 4.79 Å². The van der Waals surface area contributed by atoms with Crippen molar-refractivity contribution in [1.29, 1.82) is 5.26 Å². The second-order valence-electron chi connectivity index (χ2n) is 2.81. The van der Waals surface area contributed by atoms with Crippen LogP contribution < -0.4 is 10.5 Å². The molecule has 0 aromatic heterocycles. The molecule has 72 valence electrons. The van der Waals surface area contributed by atoms with Gasteiger partial charge in [0, 0.05) is 11.6 Å². The zero-order valence-corrected chi connectivity index (χ0v) is 8.00.